The third kappa shape index (κ3) is 5.50. The lowest BCUT2D eigenvalue weighted by Crippen LogP contribution is -2.36. The molecule has 4 nitrogen and oxygen atoms in total. The van der Waals surface area contributed by atoms with E-state index in [9.17, 15) is 8.42 Å². The third-order valence-electron chi connectivity index (χ3n) is 5.04. The predicted molar refractivity (Wildman–Crippen MR) is 111 cm³/mol. The molecule has 0 amide bonds. The Labute approximate surface area is 162 Å². The molecule has 3 rings (SSSR count). The van der Waals surface area contributed by atoms with E-state index < -0.39 is 10.0 Å². The molecular formula is C22H28N2O2S. The van der Waals surface area contributed by atoms with Crippen molar-refractivity contribution in [3.63, 3.8) is 0 Å². The maximum Gasteiger partial charge on any atom is 0.240 e. The smallest absolute Gasteiger partial charge is 0.240 e. The van der Waals surface area contributed by atoms with Gasteiger partial charge in [0.25, 0.3) is 0 Å². The van der Waals surface area contributed by atoms with Gasteiger partial charge in [0.1, 0.15) is 0 Å². The van der Waals surface area contributed by atoms with Gasteiger partial charge in [0.15, 0.2) is 0 Å². The van der Waals surface area contributed by atoms with Crippen molar-refractivity contribution >= 4 is 21.9 Å². The standard InChI is InChI=1S/C22H28N2O2S/c1-17(2)19-10-8-18(9-11-19)16-23-20-12-14-22(15-13-20)27(25,26)24-21-6-4-3-5-7-21/h8-17,21,24H,3-7H2,1-2H3. The lowest BCUT2D eigenvalue weighted by atomic mass is 9.96. The van der Waals surface area contributed by atoms with Gasteiger partial charge >= 0.3 is 0 Å². The minimum absolute atomic E-state index is 0.0651. The van der Waals surface area contributed by atoms with Gasteiger partial charge in [-0.1, -0.05) is 57.4 Å². The molecule has 2 aromatic carbocycles. The molecule has 0 aromatic heterocycles. The average molecular weight is 385 g/mol. The molecule has 27 heavy (non-hydrogen) atoms. The van der Waals surface area contributed by atoms with E-state index in [0.29, 0.717) is 10.8 Å². The van der Waals surface area contributed by atoms with E-state index in [1.165, 1.54) is 12.0 Å². The zero-order valence-electron chi connectivity index (χ0n) is 16.1. The van der Waals surface area contributed by atoms with Crippen molar-refractivity contribution in [2.75, 3.05) is 0 Å². The van der Waals surface area contributed by atoms with Crippen LogP contribution in [0.5, 0.6) is 0 Å². The van der Waals surface area contributed by atoms with Crippen LogP contribution in [0.15, 0.2) is 58.4 Å². The molecule has 5 heteroatoms. The van der Waals surface area contributed by atoms with Gasteiger partial charge in [-0.2, -0.15) is 0 Å². The van der Waals surface area contributed by atoms with Crippen molar-refractivity contribution in [2.24, 2.45) is 4.99 Å². The number of nitrogens with one attached hydrogen (secondary N) is 1. The summed E-state index contributed by atoms with van der Waals surface area (Å²) in [6.45, 7) is 4.34. The molecule has 0 radical (unpaired) electrons. The summed E-state index contributed by atoms with van der Waals surface area (Å²) in [5, 5.41) is 0. The molecule has 0 aliphatic heterocycles. The molecule has 0 saturated heterocycles. The second-order valence-corrected chi connectivity index (χ2v) is 9.24. The zero-order chi connectivity index (χ0) is 19.3. The zero-order valence-corrected chi connectivity index (χ0v) is 16.9. The number of aliphatic imine (C=N–C) groups is 1. The Morgan fingerprint density at radius 1 is 0.963 bits per heavy atom. The highest BCUT2D eigenvalue weighted by molar-refractivity contribution is 7.89. The SMILES string of the molecule is CC(C)c1ccc(C=Nc2ccc(S(=O)(=O)NC3CCCCC3)cc2)cc1. The lowest BCUT2D eigenvalue weighted by molar-refractivity contribution is 0.412. The lowest BCUT2D eigenvalue weighted by Gasteiger charge is -2.22. The number of rotatable bonds is 6. The highest BCUT2D eigenvalue weighted by atomic mass is 32.2. The normalized spacial score (nSPS) is 16.3. The fraction of sp³-hybridized carbons (Fsp3) is 0.409. The van der Waals surface area contributed by atoms with Crippen molar-refractivity contribution < 1.29 is 8.42 Å². The van der Waals surface area contributed by atoms with Crippen LogP contribution < -0.4 is 4.72 Å². The molecule has 0 atom stereocenters. The maximum atomic E-state index is 12.5. The Bertz CT molecular complexity index is 864. The quantitative estimate of drug-likeness (QED) is 0.698. The van der Waals surface area contributed by atoms with E-state index in [2.05, 4.69) is 35.7 Å². The molecule has 0 unspecified atom stereocenters. The van der Waals surface area contributed by atoms with Gasteiger partial charge < -0.3 is 0 Å². The van der Waals surface area contributed by atoms with Crippen LogP contribution in [0.3, 0.4) is 0 Å². The van der Waals surface area contributed by atoms with Crippen LogP contribution in [0, 0.1) is 0 Å². The fourth-order valence-electron chi connectivity index (χ4n) is 3.34. The van der Waals surface area contributed by atoms with Gasteiger partial charge in [-0.15, -0.1) is 0 Å². The highest BCUT2D eigenvalue weighted by Gasteiger charge is 2.21. The van der Waals surface area contributed by atoms with Gasteiger partial charge in [0.2, 0.25) is 10.0 Å². The minimum atomic E-state index is -3.46. The molecule has 1 N–H and O–H groups in total. The van der Waals surface area contributed by atoms with Crippen LogP contribution in [-0.2, 0) is 10.0 Å². The summed E-state index contributed by atoms with van der Waals surface area (Å²) in [6, 6.07) is 15.1. The first-order valence-electron chi connectivity index (χ1n) is 9.70. The molecule has 0 heterocycles. The van der Waals surface area contributed by atoms with Crippen LogP contribution in [-0.4, -0.2) is 20.7 Å². The highest BCUT2D eigenvalue weighted by Crippen LogP contribution is 2.21. The number of nitrogens with zero attached hydrogens (tertiary/aromatic N) is 1. The van der Waals surface area contributed by atoms with Crippen LogP contribution in [0.1, 0.15) is 63.0 Å². The third-order valence-corrected chi connectivity index (χ3v) is 6.58. The van der Waals surface area contributed by atoms with Gasteiger partial charge in [-0.3, -0.25) is 4.99 Å². The van der Waals surface area contributed by atoms with Crippen LogP contribution >= 0.6 is 0 Å². The maximum absolute atomic E-state index is 12.5. The fourth-order valence-corrected chi connectivity index (χ4v) is 4.64. The Hall–Kier alpha value is -1.98. The molecule has 1 saturated carbocycles. The summed E-state index contributed by atoms with van der Waals surface area (Å²) in [6.07, 6.45) is 7.05. The molecule has 2 aromatic rings. The monoisotopic (exact) mass is 384 g/mol. The Balaban J connectivity index is 1.65. The largest absolute Gasteiger partial charge is 0.256 e. The van der Waals surface area contributed by atoms with Crippen LogP contribution in [0.2, 0.25) is 0 Å². The summed E-state index contributed by atoms with van der Waals surface area (Å²) < 4.78 is 27.9. The number of sulfonamides is 1. The van der Waals surface area contributed by atoms with Crippen LogP contribution in [0.4, 0.5) is 5.69 Å². The summed E-state index contributed by atoms with van der Waals surface area (Å²) in [7, 11) is -3.46. The first-order valence-corrected chi connectivity index (χ1v) is 11.2. The second kappa shape index (κ2) is 8.81. The number of hydrogen-bond acceptors (Lipinski definition) is 3. The van der Waals surface area contributed by atoms with Crippen molar-refractivity contribution in [2.45, 2.75) is 62.8 Å². The van der Waals surface area contributed by atoms with E-state index in [0.717, 1.165) is 36.9 Å². The van der Waals surface area contributed by atoms with E-state index >= 15 is 0 Å². The predicted octanol–water partition coefficient (Wildman–Crippen LogP) is 5.17. The molecular weight excluding hydrogens is 356 g/mol. The van der Waals surface area contributed by atoms with Gasteiger partial charge in [-0.25, -0.2) is 13.1 Å². The summed E-state index contributed by atoms with van der Waals surface area (Å²) in [4.78, 5) is 4.75. The van der Waals surface area contributed by atoms with Crippen molar-refractivity contribution in [1.29, 1.82) is 0 Å². The van der Waals surface area contributed by atoms with Crippen molar-refractivity contribution in [1.82, 2.24) is 4.72 Å². The Morgan fingerprint density at radius 2 is 1.59 bits per heavy atom. The molecule has 1 aliphatic carbocycles. The number of hydrogen-bond donors (Lipinski definition) is 1. The second-order valence-electron chi connectivity index (χ2n) is 7.53. The van der Waals surface area contributed by atoms with Gasteiger partial charge in [0, 0.05) is 12.3 Å². The first-order chi connectivity index (χ1) is 12.9. The Morgan fingerprint density at radius 3 is 2.19 bits per heavy atom. The van der Waals surface area contributed by atoms with Gasteiger partial charge in [-0.05, 0) is 54.2 Å². The summed E-state index contributed by atoms with van der Waals surface area (Å²) >= 11 is 0. The summed E-state index contributed by atoms with van der Waals surface area (Å²) in [5.74, 6) is 0.507. The summed E-state index contributed by atoms with van der Waals surface area (Å²) in [5.41, 5.74) is 3.06. The Kier molecular flexibility index (Phi) is 6.45. The molecule has 144 valence electrons. The first kappa shape index (κ1) is 19.8. The van der Waals surface area contributed by atoms with Gasteiger partial charge in [0.05, 0.1) is 10.6 Å². The minimum Gasteiger partial charge on any atom is -0.256 e. The van der Waals surface area contributed by atoms with Crippen molar-refractivity contribution in [3.05, 3.63) is 59.7 Å². The average Bonchev–Trinajstić information content (AvgIpc) is 2.67. The van der Waals surface area contributed by atoms with E-state index in [4.69, 9.17) is 0 Å². The van der Waals surface area contributed by atoms with E-state index in [1.54, 1.807) is 30.5 Å². The molecule has 1 fully saturated rings. The van der Waals surface area contributed by atoms with E-state index in [1.807, 2.05) is 12.1 Å². The van der Waals surface area contributed by atoms with Crippen molar-refractivity contribution in [3.8, 4) is 0 Å². The number of benzene rings is 2. The van der Waals surface area contributed by atoms with E-state index in [-0.39, 0.29) is 6.04 Å². The molecule has 0 bridgehead atoms. The molecule has 0 spiro atoms. The molecule has 1 aliphatic rings. The topological polar surface area (TPSA) is 58.5 Å². The van der Waals surface area contributed by atoms with Crippen LogP contribution in [0.25, 0.3) is 0 Å².